The van der Waals surface area contributed by atoms with Gasteiger partial charge in [0.05, 0.1) is 29.7 Å². The Labute approximate surface area is 196 Å². The van der Waals surface area contributed by atoms with E-state index >= 15 is 0 Å². The van der Waals surface area contributed by atoms with Crippen molar-refractivity contribution in [3.8, 4) is 0 Å². The molecule has 5 aromatic rings. The van der Waals surface area contributed by atoms with Gasteiger partial charge in [0.1, 0.15) is 5.65 Å². The summed E-state index contributed by atoms with van der Waals surface area (Å²) < 4.78 is 9.32. The van der Waals surface area contributed by atoms with Gasteiger partial charge in [0.25, 0.3) is 5.91 Å². The number of fused-ring (bicyclic) bond motifs is 2. The van der Waals surface area contributed by atoms with Crippen LogP contribution in [0.15, 0.2) is 47.5 Å². The molecule has 0 unspecified atom stereocenters. The number of carbonyl (C=O) groups excluding carboxylic acids is 1. The number of imidazole rings is 1. The molecule has 4 aromatic heterocycles. The van der Waals surface area contributed by atoms with Gasteiger partial charge in [-0.2, -0.15) is 5.10 Å². The van der Waals surface area contributed by atoms with Crippen molar-refractivity contribution in [3.63, 3.8) is 0 Å². The fraction of sp³-hybridized carbons (Fsp3) is 0.308. The molecule has 1 aliphatic rings. The van der Waals surface area contributed by atoms with Crippen molar-refractivity contribution in [1.29, 1.82) is 0 Å². The van der Waals surface area contributed by atoms with Crippen molar-refractivity contribution in [1.82, 2.24) is 29.6 Å². The molecule has 1 aromatic carbocycles. The second-order valence-electron chi connectivity index (χ2n) is 9.29. The molecule has 1 N–H and O–H groups in total. The fourth-order valence-corrected chi connectivity index (χ4v) is 4.63. The van der Waals surface area contributed by atoms with E-state index in [2.05, 4.69) is 44.4 Å². The number of carbonyl (C=O) groups is 1. The van der Waals surface area contributed by atoms with Crippen LogP contribution in [0.2, 0.25) is 0 Å². The maximum atomic E-state index is 12.8. The predicted octanol–water partition coefficient (Wildman–Crippen LogP) is 4.45. The Kier molecular flexibility index (Phi) is 4.76. The number of nitrogens with one attached hydrogen (secondary N) is 1. The van der Waals surface area contributed by atoms with Gasteiger partial charge >= 0.3 is 0 Å². The summed E-state index contributed by atoms with van der Waals surface area (Å²) in [5.74, 6) is 0.541. The lowest BCUT2D eigenvalue weighted by Gasteiger charge is -2.11. The van der Waals surface area contributed by atoms with Crippen LogP contribution in [0.1, 0.15) is 62.8 Å². The summed E-state index contributed by atoms with van der Waals surface area (Å²) >= 11 is 0. The van der Waals surface area contributed by atoms with E-state index < -0.39 is 0 Å². The molecule has 0 radical (unpaired) electrons. The van der Waals surface area contributed by atoms with Crippen LogP contribution in [0, 0.1) is 20.8 Å². The largest absolute Gasteiger partial charge is 0.356 e. The Balaban J connectivity index is 1.15. The first kappa shape index (κ1) is 20.7. The highest BCUT2D eigenvalue weighted by atomic mass is 16.5. The molecule has 1 fully saturated rings. The van der Waals surface area contributed by atoms with E-state index in [-0.39, 0.29) is 5.91 Å². The molecule has 6 rings (SSSR count). The van der Waals surface area contributed by atoms with Gasteiger partial charge in [-0.15, -0.1) is 0 Å². The van der Waals surface area contributed by atoms with Crippen LogP contribution in [0.3, 0.4) is 0 Å². The number of aromatic nitrogens is 5. The van der Waals surface area contributed by atoms with E-state index in [1.807, 2.05) is 27.0 Å². The average Bonchev–Trinajstić information content (AvgIpc) is 3.25. The minimum atomic E-state index is -0.164. The normalized spacial score (nSPS) is 13.7. The average molecular weight is 455 g/mol. The summed E-state index contributed by atoms with van der Waals surface area (Å²) in [5, 5.41) is 12.5. The quantitative estimate of drug-likeness (QED) is 0.409. The molecule has 0 bridgehead atoms. The first-order valence-corrected chi connectivity index (χ1v) is 11.6. The molecular weight excluding hydrogens is 428 g/mol. The van der Waals surface area contributed by atoms with E-state index in [1.165, 1.54) is 18.4 Å². The predicted molar refractivity (Wildman–Crippen MR) is 128 cm³/mol. The molecule has 34 heavy (non-hydrogen) atoms. The summed E-state index contributed by atoms with van der Waals surface area (Å²) in [7, 11) is 0. The van der Waals surface area contributed by atoms with Crippen molar-refractivity contribution < 1.29 is 9.32 Å². The first-order valence-electron chi connectivity index (χ1n) is 11.6. The molecule has 1 saturated carbocycles. The van der Waals surface area contributed by atoms with E-state index in [0.29, 0.717) is 24.6 Å². The zero-order valence-electron chi connectivity index (χ0n) is 19.5. The van der Waals surface area contributed by atoms with Crippen LogP contribution in [0.5, 0.6) is 0 Å². The molecule has 8 heteroatoms. The maximum absolute atomic E-state index is 12.8. The molecule has 4 heterocycles. The molecule has 0 atom stereocenters. The van der Waals surface area contributed by atoms with E-state index in [9.17, 15) is 4.79 Å². The third kappa shape index (κ3) is 3.65. The monoisotopic (exact) mass is 454 g/mol. The number of rotatable bonds is 6. The Morgan fingerprint density at radius 1 is 1.18 bits per heavy atom. The van der Waals surface area contributed by atoms with Crippen LogP contribution in [-0.4, -0.2) is 30.2 Å². The molecule has 1 amide bonds. The van der Waals surface area contributed by atoms with Crippen molar-refractivity contribution in [2.75, 3.05) is 0 Å². The first-order chi connectivity index (χ1) is 16.5. The van der Waals surface area contributed by atoms with Crippen molar-refractivity contribution in [2.24, 2.45) is 0 Å². The van der Waals surface area contributed by atoms with Gasteiger partial charge in [0, 0.05) is 36.1 Å². The lowest BCUT2D eigenvalue weighted by Crippen LogP contribution is -2.23. The summed E-state index contributed by atoms with van der Waals surface area (Å²) in [4.78, 5) is 17.5. The number of pyridine rings is 1. The lowest BCUT2D eigenvalue weighted by molar-refractivity contribution is 0.0950. The Hall–Kier alpha value is -3.94. The number of benzene rings is 1. The van der Waals surface area contributed by atoms with Crippen molar-refractivity contribution in [2.45, 2.75) is 52.6 Å². The Bertz CT molecular complexity index is 1550. The van der Waals surface area contributed by atoms with Crippen LogP contribution in [0.25, 0.3) is 16.6 Å². The van der Waals surface area contributed by atoms with Crippen LogP contribution in [-0.2, 0) is 13.1 Å². The summed E-state index contributed by atoms with van der Waals surface area (Å²) in [6.07, 6.45) is 10.1. The summed E-state index contributed by atoms with van der Waals surface area (Å²) in [5.41, 5.74) is 8.52. The molecule has 172 valence electrons. The van der Waals surface area contributed by atoms with E-state index in [4.69, 9.17) is 9.51 Å². The zero-order valence-corrected chi connectivity index (χ0v) is 19.5. The topological polar surface area (TPSA) is 90.3 Å². The van der Waals surface area contributed by atoms with Gasteiger partial charge in [0.15, 0.2) is 5.58 Å². The fourth-order valence-electron chi connectivity index (χ4n) is 4.63. The molecule has 1 aliphatic carbocycles. The number of aryl methyl sites for hydroxylation is 3. The lowest BCUT2D eigenvalue weighted by atomic mass is 9.99. The number of hydrogen-bond acceptors (Lipinski definition) is 5. The molecule has 8 nitrogen and oxygen atoms in total. The highest BCUT2D eigenvalue weighted by molar-refractivity contribution is 5.93. The summed E-state index contributed by atoms with van der Waals surface area (Å²) in [6, 6.07) is 6.31. The van der Waals surface area contributed by atoms with Crippen molar-refractivity contribution >= 4 is 22.5 Å². The maximum Gasteiger partial charge on any atom is 0.254 e. The van der Waals surface area contributed by atoms with E-state index in [0.717, 1.165) is 44.7 Å². The van der Waals surface area contributed by atoms with Crippen molar-refractivity contribution in [3.05, 3.63) is 82.2 Å². The molecule has 0 saturated heterocycles. The highest BCUT2D eigenvalue weighted by Gasteiger charge is 2.23. The van der Waals surface area contributed by atoms with Gasteiger partial charge in [-0.1, -0.05) is 11.2 Å². The molecule has 0 spiro atoms. The Morgan fingerprint density at radius 2 is 2.03 bits per heavy atom. The molecular formula is C26H26N6O2. The van der Waals surface area contributed by atoms with E-state index in [1.54, 1.807) is 17.1 Å². The SMILES string of the molecule is Cc1cc2c(C)noc2c(C)c1CNC(=O)c1cnn(Cc2cn3cc(C4CC4)ccc3n2)c1. The van der Waals surface area contributed by atoms with Gasteiger partial charge in [-0.25, -0.2) is 4.98 Å². The minimum absolute atomic E-state index is 0.164. The third-order valence-electron chi connectivity index (χ3n) is 6.76. The van der Waals surface area contributed by atoms with Crippen LogP contribution in [0.4, 0.5) is 0 Å². The number of hydrogen-bond donors (Lipinski definition) is 1. The summed E-state index contributed by atoms with van der Waals surface area (Å²) in [6.45, 7) is 6.89. The standard InChI is InChI=1S/C26H26N6O2/c1-15-8-22-17(3)30-34-25(22)16(2)23(15)10-27-26(33)20-9-28-32(12-20)14-21-13-31-11-19(18-4-5-18)6-7-24(31)29-21/h6-9,11-13,18H,4-5,10,14H2,1-3H3,(H,27,33). The van der Waals surface area contributed by atoms with Gasteiger partial charge in [-0.3, -0.25) is 9.48 Å². The second kappa shape index (κ2) is 7.83. The number of nitrogens with zero attached hydrogens (tertiary/aromatic N) is 5. The second-order valence-corrected chi connectivity index (χ2v) is 9.29. The third-order valence-corrected chi connectivity index (χ3v) is 6.76. The van der Waals surface area contributed by atoms with Crippen LogP contribution < -0.4 is 5.32 Å². The number of amides is 1. The van der Waals surface area contributed by atoms with Crippen LogP contribution >= 0.6 is 0 Å². The minimum Gasteiger partial charge on any atom is -0.356 e. The Morgan fingerprint density at radius 3 is 2.85 bits per heavy atom. The zero-order chi connectivity index (χ0) is 23.4. The molecule has 0 aliphatic heterocycles. The van der Waals surface area contributed by atoms with Gasteiger partial charge in [0.2, 0.25) is 0 Å². The highest BCUT2D eigenvalue weighted by Crippen LogP contribution is 2.39. The van der Waals surface area contributed by atoms with Gasteiger partial charge < -0.3 is 14.2 Å². The van der Waals surface area contributed by atoms with Gasteiger partial charge in [-0.05, 0) is 68.4 Å². The smallest absolute Gasteiger partial charge is 0.254 e.